The van der Waals surface area contributed by atoms with E-state index in [0.717, 1.165) is 0 Å². The van der Waals surface area contributed by atoms with E-state index in [2.05, 4.69) is 10.3 Å². The molecule has 0 atom stereocenters. The molecule has 2 heterocycles. The van der Waals surface area contributed by atoms with Gasteiger partial charge in [-0.2, -0.15) is 0 Å². The Bertz CT molecular complexity index is 1510. The van der Waals surface area contributed by atoms with Gasteiger partial charge in [0.25, 0.3) is 12.3 Å². The van der Waals surface area contributed by atoms with Gasteiger partial charge in [-0.25, -0.2) is 22.2 Å². The van der Waals surface area contributed by atoms with E-state index in [0.29, 0.717) is 28.9 Å². The predicted octanol–water partition coefficient (Wildman–Crippen LogP) is 5.28. The Morgan fingerprint density at radius 1 is 1.14 bits per heavy atom. The Balaban J connectivity index is 1.65. The van der Waals surface area contributed by atoms with E-state index in [1.165, 1.54) is 30.3 Å². The van der Waals surface area contributed by atoms with Crippen LogP contribution in [0.2, 0.25) is 5.02 Å². The molecule has 2 aromatic heterocycles. The van der Waals surface area contributed by atoms with Gasteiger partial charge in [0, 0.05) is 29.3 Å². The first-order chi connectivity index (χ1) is 16.7. The van der Waals surface area contributed by atoms with E-state index >= 15 is 0 Å². The number of carbonyl (C=O) groups excluding carboxylic acids is 1. The van der Waals surface area contributed by atoms with Crippen LogP contribution in [0.1, 0.15) is 22.8 Å². The van der Waals surface area contributed by atoms with E-state index in [-0.39, 0.29) is 26.5 Å². The predicted molar refractivity (Wildman–Crippen MR) is 127 cm³/mol. The number of aryl methyl sites for hydroxylation is 1. The van der Waals surface area contributed by atoms with Crippen molar-refractivity contribution in [2.24, 2.45) is 0 Å². The molecule has 0 spiro atoms. The highest BCUT2D eigenvalue weighted by molar-refractivity contribution is 7.91. The lowest BCUT2D eigenvalue weighted by molar-refractivity contribution is 0.0804. The van der Waals surface area contributed by atoms with Crippen molar-refractivity contribution in [3.63, 3.8) is 0 Å². The molecule has 0 radical (unpaired) electrons. The molecule has 0 saturated heterocycles. The third-order valence-electron chi connectivity index (χ3n) is 5.20. The molecular formula is C24H20ClF2N3O4S. The van der Waals surface area contributed by atoms with Gasteiger partial charge in [0.05, 0.1) is 10.5 Å². The molecule has 2 aromatic carbocycles. The van der Waals surface area contributed by atoms with Crippen LogP contribution in [0.25, 0.3) is 5.65 Å². The molecule has 0 saturated carbocycles. The van der Waals surface area contributed by atoms with E-state index in [9.17, 15) is 22.0 Å². The molecule has 1 N–H and O–H groups in total. The fourth-order valence-corrected chi connectivity index (χ4v) is 5.48. The van der Waals surface area contributed by atoms with Crippen molar-refractivity contribution in [2.45, 2.75) is 29.6 Å². The van der Waals surface area contributed by atoms with Crippen molar-refractivity contribution in [3.8, 4) is 5.75 Å². The van der Waals surface area contributed by atoms with E-state index in [1.54, 1.807) is 48.1 Å². The molecule has 182 valence electrons. The number of alkyl halides is 2. The van der Waals surface area contributed by atoms with Crippen LogP contribution in [-0.4, -0.2) is 36.7 Å². The summed E-state index contributed by atoms with van der Waals surface area (Å²) in [6.07, 6.45) is 2.53. The summed E-state index contributed by atoms with van der Waals surface area (Å²) >= 11 is 6.00. The smallest absolute Gasteiger partial charge is 0.272 e. The van der Waals surface area contributed by atoms with Gasteiger partial charge in [-0.1, -0.05) is 18.5 Å². The SMILES string of the molecule is CCc1cc(NC(=O)c2ccc3nccn3c2)ccc1S(=O)(=O)c1cc(Cl)ccc1OCC(F)F. The van der Waals surface area contributed by atoms with Gasteiger partial charge in [-0.3, -0.25) is 4.79 Å². The van der Waals surface area contributed by atoms with Gasteiger partial charge < -0.3 is 14.5 Å². The average molecular weight is 520 g/mol. The van der Waals surface area contributed by atoms with Crippen LogP contribution < -0.4 is 10.1 Å². The van der Waals surface area contributed by atoms with Gasteiger partial charge in [0.2, 0.25) is 9.84 Å². The van der Waals surface area contributed by atoms with E-state index in [1.807, 2.05) is 0 Å². The molecule has 7 nitrogen and oxygen atoms in total. The Morgan fingerprint density at radius 3 is 2.69 bits per heavy atom. The molecule has 0 aliphatic rings. The second-order valence-electron chi connectivity index (χ2n) is 7.54. The number of aromatic nitrogens is 2. The number of amides is 1. The molecule has 35 heavy (non-hydrogen) atoms. The molecule has 0 unspecified atom stereocenters. The van der Waals surface area contributed by atoms with Gasteiger partial charge in [-0.15, -0.1) is 0 Å². The third kappa shape index (κ3) is 5.28. The molecule has 11 heteroatoms. The normalized spacial score (nSPS) is 11.7. The number of nitrogens with one attached hydrogen (secondary N) is 1. The van der Waals surface area contributed by atoms with E-state index in [4.69, 9.17) is 16.3 Å². The maximum Gasteiger partial charge on any atom is 0.272 e. The van der Waals surface area contributed by atoms with Gasteiger partial charge in [-0.05, 0) is 60.5 Å². The largest absolute Gasteiger partial charge is 0.486 e. The molecular weight excluding hydrogens is 500 g/mol. The number of hydrogen-bond acceptors (Lipinski definition) is 5. The highest BCUT2D eigenvalue weighted by Gasteiger charge is 2.26. The van der Waals surface area contributed by atoms with Gasteiger partial charge in [0.1, 0.15) is 22.9 Å². The minimum Gasteiger partial charge on any atom is -0.486 e. The van der Waals surface area contributed by atoms with E-state index < -0.39 is 22.9 Å². The zero-order valence-electron chi connectivity index (χ0n) is 18.4. The first-order valence-electron chi connectivity index (χ1n) is 10.5. The average Bonchev–Trinajstić information content (AvgIpc) is 3.31. The molecule has 4 rings (SSSR count). The maximum atomic E-state index is 13.5. The number of nitrogens with zero attached hydrogens (tertiary/aromatic N) is 2. The van der Waals surface area contributed by atoms with Crippen LogP contribution in [0, 0.1) is 0 Å². The minimum absolute atomic E-state index is 0.0398. The summed E-state index contributed by atoms with van der Waals surface area (Å²) in [5.74, 6) is -0.597. The Labute approximate surface area is 205 Å². The Morgan fingerprint density at radius 2 is 1.94 bits per heavy atom. The number of fused-ring (bicyclic) bond motifs is 1. The number of hydrogen-bond donors (Lipinski definition) is 1. The zero-order valence-corrected chi connectivity index (χ0v) is 20.0. The second kappa shape index (κ2) is 10.0. The van der Waals surface area contributed by atoms with Crippen molar-refractivity contribution in [2.75, 3.05) is 11.9 Å². The van der Waals surface area contributed by atoms with Crippen LogP contribution in [0.5, 0.6) is 5.75 Å². The highest BCUT2D eigenvalue weighted by atomic mass is 35.5. The summed E-state index contributed by atoms with van der Waals surface area (Å²) in [5.41, 5.74) is 1.91. The van der Waals surface area contributed by atoms with Crippen molar-refractivity contribution in [1.82, 2.24) is 9.38 Å². The lowest BCUT2D eigenvalue weighted by Crippen LogP contribution is -2.14. The second-order valence-corrected chi connectivity index (χ2v) is 9.86. The third-order valence-corrected chi connectivity index (χ3v) is 7.31. The van der Waals surface area contributed by atoms with Crippen molar-refractivity contribution < 1.29 is 26.7 Å². The number of benzene rings is 2. The first-order valence-corrected chi connectivity index (χ1v) is 12.4. The number of carbonyl (C=O) groups is 1. The standard InChI is InChI=1S/C24H20ClF2N3O4S/c1-2-15-11-18(29-24(31)16-3-8-23-28-9-10-30(23)13-16)5-7-20(15)35(32,33)21-12-17(25)4-6-19(21)34-14-22(26)27/h3-13,22H,2,14H2,1H3,(H,29,31). The van der Waals surface area contributed by atoms with Crippen LogP contribution in [-0.2, 0) is 16.3 Å². The first kappa shape index (κ1) is 24.6. The molecule has 4 aromatic rings. The number of ether oxygens (including phenoxy) is 1. The number of sulfone groups is 1. The van der Waals surface area contributed by atoms with Crippen molar-refractivity contribution in [1.29, 1.82) is 0 Å². The number of halogens is 3. The van der Waals surface area contributed by atoms with Crippen LogP contribution in [0.3, 0.4) is 0 Å². The molecule has 0 bridgehead atoms. The van der Waals surface area contributed by atoms with Crippen molar-refractivity contribution >= 4 is 38.7 Å². The monoisotopic (exact) mass is 519 g/mol. The molecule has 1 amide bonds. The summed E-state index contributed by atoms with van der Waals surface area (Å²) in [6.45, 7) is 0.805. The minimum atomic E-state index is -4.18. The van der Waals surface area contributed by atoms with Gasteiger partial charge in [0.15, 0.2) is 0 Å². The molecule has 0 aliphatic heterocycles. The molecule has 0 fully saturated rings. The fraction of sp³-hybridized carbons (Fsp3) is 0.167. The summed E-state index contributed by atoms with van der Waals surface area (Å²) in [7, 11) is -4.18. The lowest BCUT2D eigenvalue weighted by atomic mass is 10.1. The summed E-state index contributed by atoms with van der Waals surface area (Å²) < 4.78 is 59.0. The van der Waals surface area contributed by atoms with Gasteiger partial charge >= 0.3 is 0 Å². The van der Waals surface area contributed by atoms with Crippen LogP contribution >= 0.6 is 11.6 Å². The topological polar surface area (TPSA) is 89.8 Å². The Hall–Kier alpha value is -3.50. The quantitative estimate of drug-likeness (QED) is 0.342. The van der Waals surface area contributed by atoms with Crippen LogP contribution in [0.4, 0.5) is 14.5 Å². The number of anilines is 1. The van der Waals surface area contributed by atoms with Crippen molar-refractivity contribution in [3.05, 3.63) is 83.3 Å². The Kier molecular flexibility index (Phi) is 7.04. The highest BCUT2D eigenvalue weighted by Crippen LogP contribution is 2.34. The number of rotatable bonds is 8. The summed E-state index contributed by atoms with van der Waals surface area (Å²) in [6, 6.07) is 11.5. The van der Waals surface area contributed by atoms with Crippen LogP contribution in [0.15, 0.2) is 76.9 Å². The number of pyridine rings is 1. The lowest BCUT2D eigenvalue weighted by Gasteiger charge is -2.15. The summed E-state index contributed by atoms with van der Waals surface area (Å²) in [4.78, 5) is 16.5. The molecule has 0 aliphatic carbocycles. The number of imidazole rings is 1. The fourth-order valence-electron chi connectivity index (χ4n) is 3.54. The maximum absolute atomic E-state index is 13.5. The zero-order chi connectivity index (χ0) is 25.2. The summed E-state index contributed by atoms with van der Waals surface area (Å²) in [5, 5.41) is 2.88.